The average molecular weight is 391 g/mol. The van der Waals surface area contributed by atoms with Crippen LogP contribution < -0.4 is 5.73 Å². The number of aryl methyl sites for hydroxylation is 1. The maximum absolute atomic E-state index is 12.8. The lowest BCUT2D eigenvalue weighted by Gasteiger charge is -2.40. The molecule has 4 rings (SSSR count). The number of carbonyl (C=O) groups is 2. The molecule has 0 saturated carbocycles. The molecule has 0 unspecified atom stereocenters. The molecule has 1 aliphatic rings. The van der Waals surface area contributed by atoms with E-state index < -0.39 is 11.9 Å². The van der Waals surface area contributed by atoms with Crippen molar-refractivity contribution in [2.24, 2.45) is 5.73 Å². The molecule has 1 fully saturated rings. The number of fused-ring (bicyclic) bond motifs is 1. The molecule has 150 valence electrons. The first kappa shape index (κ1) is 19.1. The average Bonchev–Trinajstić information content (AvgIpc) is 3.16. The van der Waals surface area contributed by atoms with Crippen molar-refractivity contribution in [1.82, 2.24) is 19.6 Å². The van der Waals surface area contributed by atoms with Crippen LogP contribution in [0.15, 0.2) is 60.8 Å². The Balaban J connectivity index is 1.38. The third-order valence-electron chi connectivity index (χ3n) is 5.49. The first-order valence-electron chi connectivity index (χ1n) is 9.87. The molecular formula is C22H25N5O2. The van der Waals surface area contributed by atoms with Crippen LogP contribution in [0, 0.1) is 0 Å². The van der Waals surface area contributed by atoms with Gasteiger partial charge in [-0.25, -0.2) is 0 Å². The minimum absolute atomic E-state index is 0.0233. The van der Waals surface area contributed by atoms with Crippen molar-refractivity contribution in [2.45, 2.75) is 25.6 Å². The Morgan fingerprint density at radius 1 is 1.03 bits per heavy atom. The maximum atomic E-state index is 12.8. The highest BCUT2D eigenvalue weighted by Gasteiger charge is 2.32. The molecule has 0 aliphatic carbocycles. The minimum atomic E-state index is -0.474. The van der Waals surface area contributed by atoms with E-state index in [4.69, 9.17) is 5.73 Å². The summed E-state index contributed by atoms with van der Waals surface area (Å²) in [6.07, 6.45) is 2.15. The summed E-state index contributed by atoms with van der Waals surface area (Å²) in [4.78, 5) is 28.6. The fraction of sp³-hybridized carbons (Fsp3) is 0.318. The van der Waals surface area contributed by atoms with Crippen molar-refractivity contribution in [3.8, 4) is 0 Å². The number of nitrogens with two attached hydrogens (primary N) is 1. The van der Waals surface area contributed by atoms with E-state index in [1.165, 1.54) is 0 Å². The third-order valence-corrected chi connectivity index (χ3v) is 5.49. The van der Waals surface area contributed by atoms with Crippen molar-refractivity contribution in [1.29, 1.82) is 0 Å². The Bertz CT molecular complexity index is 1000. The van der Waals surface area contributed by atoms with Gasteiger partial charge in [0.05, 0.1) is 18.3 Å². The summed E-state index contributed by atoms with van der Waals surface area (Å²) in [6.45, 7) is 2.71. The summed E-state index contributed by atoms with van der Waals surface area (Å²) >= 11 is 0. The largest absolute Gasteiger partial charge is 0.368 e. The topological polar surface area (TPSA) is 84.5 Å². The van der Waals surface area contributed by atoms with E-state index in [9.17, 15) is 9.59 Å². The number of piperazine rings is 1. The monoisotopic (exact) mass is 391 g/mol. The van der Waals surface area contributed by atoms with E-state index in [2.05, 4.69) is 10.00 Å². The van der Waals surface area contributed by atoms with Crippen LogP contribution in [0.3, 0.4) is 0 Å². The van der Waals surface area contributed by atoms with E-state index in [-0.39, 0.29) is 5.91 Å². The summed E-state index contributed by atoms with van der Waals surface area (Å²) in [7, 11) is 0. The second-order valence-corrected chi connectivity index (χ2v) is 7.39. The van der Waals surface area contributed by atoms with Gasteiger partial charge in [0.2, 0.25) is 11.8 Å². The van der Waals surface area contributed by atoms with Gasteiger partial charge in [-0.1, -0.05) is 48.5 Å². The van der Waals surface area contributed by atoms with Gasteiger partial charge in [-0.15, -0.1) is 0 Å². The van der Waals surface area contributed by atoms with Gasteiger partial charge in [-0.05, 0) is 11.6 Å². The molecule has 0 bridgehead atoms. The number of para-hydroxylation sites is 1. The van der Waals surface area contributed by atoms with Crippen molar-refractivity contribution in [2.75, 3.05) is 19.6 Å². The predicted octanol–water partition coefficient (Wildman–Crippen LogP) is 1.62. The van der Waals surface area contributed by atoms with Crippen molar-refractivity contribution >= 4 is 22.7 Å². The zero-order valence-electron chi connectivity index (χ0n) is 16.3. The molecule has 1 aliphatic heterocycles. The molecule has 7 nitrogen and oxygen atoms in total. The van der Waals surface area contributed by atoms with Gasteiger partial charge >= 0.3 is 0 Å². The van der Waals surface area contributed by atoms with Crippen LogP contribution >= 0.6 is 0 Å². The zero-order valence-corrected chi connectivity index (χ0v) is 16.3. The lowest BCUT2D eigenvalue weighted by Crippen LogP contribution is -2.58. The van der Waals surface area contributed by atoms with Gasteiger partial charge in [0.15, 0.2) is 0 Å². The Kier molecular flexibility index (Phi) is 5.57. The van der Waals surface area contributed by atoms with E-state index in [1.807, 2.05) is 65.5 Å². The van der Waals surface area contributed by atoms with E-state index in [1.54, 1.807) is 4.90 Å². The highest BCUT2D eigenvalue weighted by Crippen LogP contribution is 2.16. The van der Waals surface area contributed by atoms with Crippen LogP contribution in [0.25, 0.3) is 10.9 Å². The smallest absolute Gasteiger partial charge is 0.236 e. The summed E-state index contributed by atoms with van der Waals surface area (Å²) in [6, 6.07) is 17.5. The zero-order chi connectivity index (χ0) is 20.2. The molecule has 1 saturated heterocycles. The molecular weight excluding hydrogens is 366 g/mol. The van der Waals surface area contributed by atoms with Crippen molar-refractivity contribution < 1.29 is 9.59 Å². The van der Waals surface area contributed by atoms with Gasteiger partial charge in [0.25, 0.3) is 0 Å². The SMILES string of the molecule is NC(=O)[C@H]1CN(C(=O)CCn2ncc3ccccc32)CCN1Cc1ccccc1. The van der Waals surface area contributed by atoms with E-state index >= 15 is 0 Å². The summed E-state index contributed by atoms with van der Waals surface area (Å²) in [5.41, 5.74) is 7.80. The number of benzene rings is 2. The molecule has 0 spiro atoms. The van der Waals surface area contributed by atoms with Gasteiger partial charge in [-0.3, -0.25) is 19.2 Å². The molecule has 2 amide bonds. The number of hydrogen-bond acceptors (Lipinski definition) is 4. The lowest BCUT2D eigenvalue weighted by atomic mass is 10.1. The molecule has 3 aromatic rings. The second kappa shape index (κ2) is 8.45. The molecule has 7 heteroatoms. The molecule has 1 atom stereocenters. The van der Waals surface area contributed by atoms with Gasteiger partial charge in [-0.2, -0.15) is 5.10 Å². The molecule has 29 heavy (non-hydrogen) atoms. The Hall–Kier alpha value is -3.19. The molecule has 2 N–H and O–H groups in total. The number of aromatic nitrogens is 2. The van der Waals surface area contributed by atoms with Crippen LogP contribution in [0.5, 0.6) is 0 Å². The van der Waals surface area contributed by atoms with Crippen LogP contribution in [-0.4, -0.2) is 57.1 Å². The maximum Gasteiger partial charge on any atom is 0.236 e. The van der Waals surface area contributed by atoms with Gasteiger partial charge in [0.1, 0.15) is 6.04 Å². The Labute approximate surface area is 169 Å². The quantitative estimate of drug-likeness (QED) is 0.692. The number of carbonyl (C=O) groups excluding carboxylic acids is 2. The lowest BCUT2D eigenvalue weighted by molar-refractivity contribution is -0.137. The van der Waals surface area contributed by atoms with E-state index in [0.717, 1.165) is 16.5 Å². The first-order chi connectivity index (χ1) is 14.1. The summed E-state index contributed by atoms with van der Waals surface area (Å²) in [5.74, 6) is -0.369. The predicted molar refractivity (Wildman–Crippen MR) is 111 cm³/mol. The van der Waals surface area contributed by atoms with Gasteiger partial charge in [0, 0.05) is 38.0 Å². The summed E-state index contributed by atoms with van der Waals surface area (Å²) < 4.78 is 1.85. The molecule has 0 radical (unpaired) electrons. The van der Waals surface area contributed by atoms with Crippen molar-refractivity contribution in [3.05, 3.63) is 66.4 Å². The standard InChI is InChI=1S/C22H25N5O2/c23-22(29)20-16-26(13-12-25(20)15-17-6-2-1-3-7-17)21(28)10-11-27-19-9-5-4-8-18(19)14-24-27/h1-9,14,20H,10-13,15-16H2,(H2,23,29)/t20-/m1/s1. The van der Waals surface area contributed by atoms with E-state index in [0.29, 0.717) is 39.1 Å². The van der Waals surface area contributed by atoms with Crippen LogP contribution in [0.2, 0.25) is 0 Å². The van der Waals surface area contributed by atoms with Crippen molar-refractivity contribution in [3.63, 3.8) is 0 Å². The number of nitrogens with zero attached hydrogens (tertiary/aromatic N) is 4. The third kappa shape index (κ3) is 4.30. The van der Waals surface area contributed by atoms with Crippen LogP contribution in [-0.2, 0) is 22.7 Å². The molecule has 2 aromatic carbocycles. The number of primary amides is 1. The fourth-order valence-electron chi connectivity index (χ4n) is 3.89. The first-order valence-corrected chi connectivity index (χ1v) is 9.87. The number of amides is 2. The highest BCUT2D eigenvalue weighted by molar-refractivity contribution is 5.83. The highest BCUT2D eigenvalue weighted by atomic mass is 16.2. The normalized spacial score (nSPS) is 17.5. The minimum Gasteiger partial charge on any atom is -0.368 e. The number of hydrogen-bond donors (Lipinski definition) is 1. The Morgan fingerprint density at radius 3 is 2.59 bits per heavy atom. The second-order valence-electron chi connectivity index (χ2n) is 7.39. The van der Waals surface area contributed by atoms with Crippen LogP contribution in [0.4, 0.5) is 0 Å². The molecule has 1 aromatic heterocycles. The van der Waals surface area contributed by atoms with Gasteiger partial charge < -0.3 is 10.6 Å². The molecule has 2 heterocycles. The fourth-order valence-corrected chi connectivity index (χ4v) is 3.89. The number of rotatable bonds is 6. The Morgan fingerprint density at radius 2 is 1.79 bits per heavy atom. The van der Waals surface area contributed by atoms with Crippen LogP contribution in [0.1, 0.15) is 12.0 Å². The summed E-state index contributed by atoms with van der Waals surface area (Å²) in [5, 5.41) is 5.44.